The molecule has 0 saturated heterocycles. The van der Waals surface area contributed by atoms with E-state index in [1.807, 2.05) is 24.3 Å². The Morgan fingerprint density at radius 2 is 1.93 bits per heavy atom. The fourth-order valence-corrected chi connectivity index (χ4v) is 1.87. The molecular weight excluding hydrogens is 208 g/mol. The Labute approximate surface area is 94.6 Å². The SMILES string of the molecule is CN(C)C(=O)CSc1ccc(CN)cc1. The molecule has 0 saturated carbocycles. The van der Waals surface area contributed by atoms with E-state index in [0.29, 0.717) is 12.3 Å². The van der Waals surface area contributed by atoms with Crippen molar-refractivity contribution in [2.75, 3.05) is 19.8 Å². The predicted octanol–water partition coefficient (Wildman–Crippen LogP) is 1.33. The van der Waals surface area contributed by atoms with Crippen LogP contribution >= 0.6 is 11.8 Å². The van der Waals surface area contributed by atoms with Crippen LogP contribution in [-0.2, 0) is 11.3 Å². The maximum atomic E-state index is 11.3. The summed E-state index contributed by atoms with van der Waals surface area (Å²) in [5, 5.41) is 0. The monoisotopic (exact) mass is 224 g/mol. The molecule has 0 bridgehead atoms. The number of carbonyl (C=O) groups is 1. The molecule has 0 aliphatic heterocycles. The van der Waals surface area contributed by atoms with E-state index in [2.05, 4.69) is 0 Å². The number of carbonyl (C=O) groups excluding carboxylic acids is 1. The summed E-state index contributed by atoms with van der Waals surface area (Å²) in [5.74, 6) is 0.609. The highest BCUT2D eigenvalue weighted by molar-refractivity contribution is 8.00. The number of amides is 1. The summed E-state index contributed by atoms with van der Waals surface area (Å²) in [6.07, 6.45) is 0. The number of nitrogens with zero attached hydrogens (tertiary/aromatic N) is 1. The average molecular weight is 224 g/mol. The molecule has 0 spiro atoms. The normalized spacial score (nSPS) is 10.1. The summed E-state index contributed by atoms with van der Waals surface area (Å²) in [4.78, 5) is 14.0. The van der Waals surface area contributed by atoms with Gasteiger partial charge in [-0.25, -0.2) is 0 Å². The molecule has 82 valence electrons. The molecule has 0 aliphatic carbocycles. The van der Waals surface area contributed by atoms with E-state index in [4.69, 9.17) is 5.73 Å². The average Bonchev–Trinajstić information content (AvgIpc) is 2.26. The second kappa shape index (κ2) is 5.78. The van der Waals surface area contributed by atoms with Crippen LogP contribution in [0.3, 0.4) is 0 Å². The zero-order valence-corrected chi connectivity index (χ0v) is 9.88. The Balaban J connectivity index is 2.47. The molecule has 1 aromatic carbocycles. The van der Waals surface area contributed by atoms with E-state index in [-0.39, 0.29) is 5.91 Å². The third-order valence-electron chi connectivity index (χ3n) is 2.02. The third kappa shape index (κ3) is 3.93. The van der Waals surface area contributed by atoms with Crippen molar-refractivity contribution < 1.29 is 4.79 Å². The van der Waals surface area contributed by atoms with Crippen LogP contribution in [0, 0.1) is 0 Å². The zero-order chi connectivity index (χ0) is 11.3. The molecule has 0 aromatic heterocycles. The second-order valence-electron chi connectivity index (χ2n) is 3.42. The first kappa shape index (κ1) is 12.1. The lowest BCUT2D eigenvalue weighted by atomic mass is 10.2. The summed E-state index contributed by atoms with van der Waals surface area (Å²) in [6, 6.07) is 7.97. The molecule has 0 aliphatic rings. The molecule has 4 heteroatoms. The van der Waals surface area contributed by atoms with Gasteiger partial charge in [0.2, 0.25) is 5.91 Å². The van der Waals surface area contributed by atoms with Crippen LogP contribution in [0.2, 0.25) is 0 Å². The van der Waals surface area contributed by atoms with Gasteiger partial charge in [-0.2, -0.15) is 0 Å². The van der Waals surface area contributed by atoms with Crippen molar-refractivity contribution in [3.8, 4) is 0 Å². The first-order valence-electron chi connectivity index (χ1n) is 4.75. The summed E-state index contributed by atoms with van der Waals surface area (Å²) < 4.78 is 0. The van der Waals surface area contributed by atoms with Crippen molar-refractivity contribution in [1.82, 2.24) is 4.90 Å². The Bertz CT molecular complexity index is 322. The second-order valence-corrected chi connectivity index (χ2v) is 4.47. The molecule has 1 aromatic rings. The minimum Gasteiger partial charge on any atom is -0.348 e. The Hall–Kier alpha value is -1.00. The quantitative estimate of drug-likeness (QED) is 0.785. The largest absolute Gasteiger partial charge is 0.348 e. The zero-order valence-electron chi connectivity index (χ0n) is 9.06. The van der Waals surface area contributed by atoms with Gasteiger partial charge in [0.15, 0.2) is 0 Å². The van der Waals surface area contributed by atoms with Gasteiger partial charge in [-0.3, -0.25) is 4.79 Å². The molecule has 0 fully saturated rings. The van der Waals surface area contributed by atoms with Crippen molar-refractivity contribution in [3.05, 3.63) is 29.8 Å². The topological polar surface area (TPSA) is 46.3 Å². The number of rotatable bonds is 4. The van der Waals surface area contributed by atoms with Crippen LogP contribution in [0.5, 0.6) is 0 Å². The number of hydrogen-bond acceptors (Lipinski definition) is 3. The first-order valence-corrected chi connectivity index (χ1v) is 5.74. The van der Waals surface area contributed by atoms with Crippen molar-refractivity contribution in [2.45, 2.75) is 11.4 Å². The van der Waals surface area contributed by atoms with Gasteiger partial charge in [-0.05, 0) is 17.7 Å². The highest BCUT2D eigenvalue weighted by Gasteiger charge is 2.04. The molecule has 1 amide bonds. The molecular formula is C11H16N2OS. The van der Waals surface area contributed by atoms with Gasteiger partial charge >= 0.3 is 0 Å². The number of hydrogen-bond donors (Lipinski definition) is 1. The van der Waals surface area contributed by atoms with Gasteiger partial charge in [0.05, 0.1) is 5.75 Å². The summed E-state index contributed by atoms with van der Waals surface area (Å²) in [7, 11) is 3.53. The number of benzene rings is 1. The van der Waals surface area contributed by atoms with E-state index in [0.717, 1.165) is 10.5 Å². The van der Waals surface area contributed by atoms with Gasteiger partial charge in [0, 0.05) is 25.5 Å². The number of thioether (sulfide) groups is 1. The van der Waals surface area contributed by atoms with E-state index in [9.17, 15) is 4.79 Å². The van der Waals surface area contributed by atoms with Crippen LogP contribution in [0.25, 0.3) is 0 Å². The molecule has 2 N–H and O–H groups in total. The lowest BCUT2D eigenvalue weighted by molar-refractivity contribution is -0.125. The van der Waals surface area contributed by atoms with Gasteiger partial charge in [-0.15, -0.1) is 11.8 Å². The molecule has 0 unspecified atom stereocenters. The Kier molecular flexibility index (Phi) is 4.65. The predicted molar refractivity (Wildman–Crippen MR) is 63.8 cm³/mol. The molecule has 1 rings (SSSR count). The van der Waals surface area contributed by atoms with Crippen molar-refractivity contribution >= 4 is 17.7 Å². The van der Waals surface area contributed by atoms with Crippen LogP contribution in [0.15, 0.2) is 29.2 Å². The standard InChI is InChI=1S/C11H16N2OS/c1-13(2)11(14)8-15-10-5-3-9(7-12)4-6-10/h3-6H,7-8,12H2,1-2H3. The highest BCUT2D eigenvalue weighted by atomic mass is 32.2. The molecule has 0 heterocycles. The summed E-state index contributed by atoms with van der Waals surface area (Å²) in [5.41, 5.74) is 6.60. The fourth-order valence-electron chi connectivity index (χ4n) is 0.996. The number of nitrogens with two attached hydrogens (primary N) is 1. The third-order valence-corrected chi connectivity index (χ3v) is 3.02. The van der Waals surface area contributed by atoms with Crippen LogP contribution in [0.4, 0.5) is 0 Å². The molecule has 15 heavy (non-hydrogen) atoms. The van der Waals surface area contributed by atoms with Crippen LogP contribution < -0.4 is 5.73 Å². The molecule has 3 nitrogen and oxygen atoms in total. The Morgan fingerprint density at radius 1 is 1.33 bits per heavy atom. The molecule has 0 atom stereocenters. The van der Waals surface area contributed by atoms with E-state index in [1.165, 1.54) is 0 Å². The molecule has 0 radical (unpaired) electrons. The first-order chi connectivity index (χ1) is 7.13. The van der Waals surface area contributed by atoms with Crippen LogP contribution in [-0.4, -0.2) is 30.7 Å². The summed E-state index contributed by atoms with van der Waals surface area (Å²) in [6.45, 7) is 0.557. The lowest BCUT2D eigenvalue weighted by Crippen LogP contribution is -2.23. The van der Waals surface area contributed by atoms with Gasteiger partial charge < -0.3 is 10.6 Å². The smallest absolute Gasteiger partial charge is 0.232 e. The Morgan fingerprint density at radius 3 is 2.40 bits per heavy atom. The lowest BCUT2D eigenvalue weighted by Gasteiger charge is -2.09. The minimum atomic E-state index is 0.128. The van der Waals surface area contributed by atoms with Crippen molar-refractivity contribution in [3.63, 3.8) is 0 Å². The van der Waals surface area contributed by atoms with Crippen LogP contribution in [0.1, 0.15) is 5.56 Å². The summed E-state index contributed by atoms with van der Waals surface area (Å²) >= 11 is 1.54. The minimum absolute atomic E-state index is 0.128. The highest BCUT2D eigenvalue weighted by Crippen LogP contribution is 2.18. The van der Waals surface area contributed by atoms with Crippen molar-refractivity contribution in [1.29, 1.82) is 0 Å². The maximum Gasteiger partial charge on any atom is 0.232 e. The van der Waals surface area contributed by atoms with Gasteiger partial charge in [0.1, 0.15) is 0 Å². The van der Waals surface area contributed by atoms with E-state index >= 15 is 0 Å². The van der Waals surface area contributed by atoms with Gasteiger partial charge in [0.25, 0.3) is 0 Å². The fraction of sp³-hybridized carbons (Fsp3) is 0.364. The van der Waals surface area contributed by atoms with Gasteiger partial charge in [-0.1, -0.05) is 12.1 Å². The van der Waals surface area contributed by atoms with Crippen molar-refractivity contribution in [2.24, 2.45) is 5.73 Å². The maximum absolute atomic E-state index is 11.3. The van der Waals surface area contributed by atoms with E-state index in [1.54, 1.807) is 30.8 Å². The van der Waals surface area contributed by atoms with E-state index < -0.39 is 0 Å².